The van der Waals surface area contributed by atoms with Crippen molar-refractivity contribution in [2.45, 2.75) is 32.3 Å². The third-order valence-electron chi connectivity index (χ3n) is 3.56. The summed E-state index contributed by atoms with van der Waals surface area (Å²) in [5.41, 5.74) is 1.83. The molecule has 1 N–H and O–H groups in total. The van der Waals surface area contributed by atoms with Crippen LogP contribution in [0.3, 0.4) is 0 Å². The van der Waals surface area contributed by atoms with Gasteiger partial charge in [0, 0.05) is 10.6 Å². The number of fused-ring (bicyclic) bond motifs is 1. The van der Waals surface area contributed by atoms with Gasteiger partial charge in [-0.1, -0.05) is 0 Å². The maximum absolute atomic E-state index is 12.2. The second-order valence-corrected chi connectivity index (χ2v) is 6.26. The van der Waals surface area contributed by atoms with Crippen LogP contribution in [0.5, 0.6) is 5.75 Å². The van der Waals surface area contributed by atoms with Gasteiger partial charge in [-0.15, -0.1) is 11.3 Å². The number of amides is 1. The second kappa shape index (κ2) is 6.44. The lowest BCUT2D eigenvalue weighted by Gasteiger charge is -2.08. The fourth-order valence-electron chi connectivity index (χ4n) is 2.51. The van der Waals surface area contributed by atoms with E-state index in [4.69, 9.17) is 0 Å². The Kier molecular flexibility index (Phi) is 4.38. The molecule has 2 aromatic rings. The second-order valence-electron chi connectivity index (χ2n) is 5.12. The third-order valence-corrected chi connectivity index (χ3v) is 4.79. The highest BCUT2D eigenvalue weighted by Crippen LogP contribution is 2.30. The van der Waals surface area contributed by atoms with Crippen LogP contribution in [0.25, 0.3) is 0 Å². The highest BCUT2D eigenvalue weighted by molar-refractivity contribution is 7.14. The molecule has 0 saturated carbocycles. The van der Waals surface area contributed by atoms with Gasteiger partial charge in [0.1, 0.15) is 5.75 Å². The number of anilines is 1. The van der Waals surface area contributed by atoms with E-state index in [2.05, 4.69) is 10.1 Å². The Morgan fingerprint density at radius 2 is 1.91 bits per heavy atom. The first kappa shape index (κ1) is 15.0. The molecule has 0 unspecified atom stereocenters. The largest absolute Gasteiger partial charge is 0.435 e. The Balaban J connectivity index is 1.67. The van der Waals surface area contributed by atoms with Gasteiger partial charge >= 0.3 is 6.61 Å². The summed E-state index contributed by atoms with van der Waals surface area (Å²) in [5.74, 6) is -0.0958. The molecular weight excluding hydrogens is 308 g/mol. The van der Waals surface area contributed by atoms with E-state index >= 15 is 0 Å². The molecule has 1 aromatic carbocycles. The average molecular weight is 323 g/mol. The van der Waals surface area contributed by atoms with Crippen molar-refractivity contribution in [3.63, 3.8) is 0 Å². The number of hydrogen-bond acceptors (Lipinski definition) is 3. The monoisotopic (exact) mass is 323 g/mol. The zero-order valence-electron chi connectivity index (χ0n) is 11.8. The molecular formula is C16H15F2NO2S. The zero-order chi connectivity index (χ0) is 15.5. The van der Waals surface area contributed by atoms with E-state index in [-0.39, 0.29) is 11.7 Å². The van der Waals surface area contributed by atoms with Crippen molar-refractivity contribution in [3.05, 3.63) is 45.6 Å². The molecule has 1 aliphatic carbocycles. The Labute approximate surface area is 130 Å². The topological polar surface area (TPSA) is 38.3 Å². The third kappa shape index (κ3) is 3.44. The van der Waals surface area contributed by atoms with Crippen LogP contribution in [-0.4, -0.2) is 12.5 Å². The van der Waals surface area contributed by atoms with E-state index in [1.807, 2.05) is 6.07 Å². The van der Waals surface area contributed by atoms with Gasteiger partial charge in [0.05, 0.1) is 4.88 Å². The number of rotatable bonds is 4. The lowest BCUT2D eigenvalue weighted by atomic mass is 9.99. The number of nitrogens with one attached hydrogen (secondary N) is 1. The summed E-state index contributed by atoms with van der Waals surface area (Å²) in [6.45, 7) is -2.85. The molecule has 0 spiro atoms. The molecule has 0 aliphatic heterocycles. The van der Waals surface area contributed by atoms with Crippen molar-refractivity contribution in [2.75, 3.05) is 5.32 Å². The van der Waals surface area contributed by atoms with Crippen molar-refractivity contribution >= 4 is 22.9 Å². The van der Waals surface area contributed by atoms with Crippen LogP contribution in [-0.2, 0) is 12.8 Å². The Morgan fingerprint density at radius 3 is 2.59 bits per heavy atom. The fourth-order valence-corrected chi connectivity index (χ4v) is 3.66. The van der Waals surface area contributed by atoms with Crippen LogP contribution < -0.4 is 10.1 Å². The van der Waals surface area contributed by atoms with Crippen LogP contribution in [0.2, 0.25) is 0 Å². The van der Waals surface area contributed by atoms with Crippen LogP contribution >= 0.6 is 11.3 Å². The number of halogens is 2. The molecule has 0 fully saturated rings. The van der Waals surface area contributed by atoms with Crippen LogP contribution in [0.4, 0.5) is 14.5 Å². The lowest BCUT2D eigenvalue weighted by molar-refractivity contribution is -0.0498. The number of carbonyl (C=O) groups is 1. The first-order chi connectivity index (χ1) is 10.6. The summed E-state index contributed by atoms with van der Waals surface area (Å²) in [6, 6.07) is 7.86. The first-order valence-electron chi connectivity index (χ1n) is 7.09. The van der Waals surface area contributed by atoms with Crippen LogP contribution in [0.1, 0.15) is 33.0 Å². The lowest BCUT2D eigenvalue weighted by Crippen LogP contribution is -2.10. The van der Waals surface area contributed by atoms with Crippen molar-refractivity contribution in [3.8, 4) is 5.75 Å². The van der Waals surface area contributed by atoms with Gasteiger partial charge in [0.15, 0.2) is 0 Å². The number of benzene rings is 1. The van der Waals surface area contributed by atoms with Gasteiger partial charge in [-0.2, -0.15) is 8.78 Å². The number of hydrogen-bond donors (Lipinski definition) is 1. The van der Waals surface area contributed by atoms with E-state index in [9.17, 15) is 13.6 Å². The smallest absolute Gasteiger partial charge is 0.387 e. The van der Waals surface area contributed by atoms with Crippen LogP contribution in [0, 0.1) is 0 Å². The summed E-state index contributed by atoms with van der Waals surface area (Å²) < 4.78 is 28.4. The normalized spacial score (nSPS) is 13.8. The minimum atomic E-state index is -2.85. The number of alkyl halides is 2. The molecule has 1 heterocycles. The summed E-state index contributed by atoms with van der Waals surface area (Å²) in [5, 5.41) is 2.78. The summed E-state index contributed by atoms with van der Waals surface area (Å²) >= 11 is 1.54. The SMILES string of the molecule is O=C(Nc1ccc(OC(F)F)cc1)c1cc2c(s1)CCCC2. The van der Waals surface area contributed by atoms with Crippen molar-refractivity contribution in [2.24, 2.45) is 0 Å². The fraction of sp³-hybridized carbons (Fsp3) is 0.312. The molecule has 1 amide bonds. The molecule has 22 heavy (non-hydrogen) atoms. The molecule has 1 aliphatic rings. The molecule has 0 radical (unpaired) electrons. The Hall–Kier alpha value is -1.95. The minimum absolute atomic E-state index is 0.0691. The molecule has 3 nitrogen and oxygen atoms in total. The Bertz CT molecular complexity index is 644. The number of aryl methyl sites for hydroxylation is 2. The van der Waals surface area contributed by atoms with Crippen molar-refractivity contribution in [1.29, 1.82) is 0 Å². The average Bonchev–Trinajstić information content (AvgIpc) is 2.93. The van der Waals surface area contributed by atoms with Gasteiger partial charge in [-0.05, 0) is 61.6 Å². The quantitative estimate of drug-likeness (QED) is 0.901. The number of thiophene rings is 1. The van der Waals surface area contributed by atoms with Gasteiger partial charge in [-0.25, -0.2) is 0 Å². The summed E-state index contributed by atoms with van der Waals surface area (Å²) in [6.07, 6.45) is 4.45. The van der Waals surface area contributed by atoms with Crippen LogP contribution in [0.15, 0.2) is 30.3 Å². The predicted molar refractivity (Wildman–Crippen MR) is 82.0 cm³/mol. The van der Waals surface area contributed by atoms with Gasteiger partial charge in [0.25, 0.3) is 5.91 Å². The highest BCUT2D eigenvalue weighted by Gasteiger charge is 2.17. The zero-order valence-corrected chi connectivity index (χ0v) is 12.6. The minimum Gasteiger partial charge on any atom is -0.435 e. The maximum atomic E-state index is 12.2. The van der Waals surface area contributed by atoms with Gasteiger partial charge < -0.3 is 10.1 Å². The number of carbonyl (C=O) groups excluding carboxylic acids is 1. The molecule has 116 valence electrons. The van der Waals surface area contributed by atoms with E-state index in [1.165, 1.54) is 46.8 Å². The molecule has 0 saturated heterocycles. The maximum Gasteiger partial charge on any atom is 0.387 e. The number of ether oxygens (including phenoxy) is 1. The van der Waals surface area contributed by atoms with E-state index in [0.29, 0.717) is 10.6 Å². The molecule has 3 rings (SSSR count). The molecule has 1 aromatic heterocycles. The van der Waals surface area contributed by atoms with Gasteiger partial charge in [-0.3, -0.25) is 4.79 Å². The van der Waals surface area contributed by atoms with E-state index in [0.717, 1.165) is 12.8 Å². The van der Waals surface area contributed by atoms with Gasteiger partial charge in [0.2, 0.25) is 0 Å². The molecule has 6 heteroatoms. The van der Waals surface area contributed by atoms with E-state index in [1.54, 1.807) is 12.1 Å². The molecule has 0 bridgehead atoms. The molecule has 0 atom stereocenters. The first-order valence-corrected chi connectivity index (χ1v) is 7.91. The summed E-state index contributed by atoms with van der Waals surface area (Å²) in [4.78, 5) is 14.2. The standard InChI is InChI=1S/C16H15F2NO2S/c17-16(18)21-12-7-5-11(6-8-12)19-15(20)14-9-10-3-1-2-4-13(10)22-14/h5-9,16H,1-4H2,(H,19,20). The van der Waals surface area contributed by atoms with E-state index < -0.39 is 6.61 Å². The summed E-state index contributed by atoms with van der Waals surface area (Å²) in [7, 11) is 0. The van der Waals surface area contributed by atoms with Crippen molar-refractivity contribution in [1.82, 2.24) is 0 Å². The predicted octanol–water partition coefficient (Wildman–Crippen LogP) is 4.48. The Morgan fingerprint density at radius 1 is 1.18 bits per heavy atom. The highest BCUT2D eigenvalue weighted by atomic mass is 32.1. The van der Waals surface area contributed by atoms with Crippen molar-refractivity contribution < 1.29 is 18.3 Å².